The SMILES string of the molecule is CC(C)CNC(=O)COc1cccc(C(C)N)c1. The van der Waals surface area contributed by atoms with Gasteiger partial charge in [0.15, 0.2) is 6.61 Å². The van der Waals surface area contributed by atoms with E-state index in [0.717, 1.165) is 5.56 Å². The first kappa shape index (κ1) is 14.5. The zero-order valence-electron chi connectivity index (χ0n) is 11.3. The maximum absolute atomic E-state index is 11.5. The van der Waals surface area contributed by atoms with E-state index in [9.17, 15) is 4.79 Å². The van der Waals surface area contributed by atoms with Crippen LogP contribution in [0.2, 0.25) is 0 Å². The maximum Gasteiger partial charge on any atom is 0.257 e. The average Bonchev–Trinajstić information content (AvgIpc) is 2.34. The summed E-state index contributed by atoms with van der Waals surface area (Å²) in [7, 11) is 0. The Kier molecular flexibility index (Phi) is 5.65. The van der Waals surface area contributed by atoms with Crippen LogP contribution in [0.25, 0.3) is 0 Å². The summed E-state index contributed by atoms with van der Waals surface area (Å²) in [6, 6.07) is 7.46. The van der Waals surface area contributed by atoms with Crippen LogP contribution in [0.1, 0.15) is 32.4 Å². The van der Waals surface area contributed by atoms with Crippen molar-refractivity contribution >= 4 is 5.91 Å². The third-order valence-corrected chi connectivity index (χ3v) is 2.46. The zero-order chi connectivity index (χ0) is 13.5. The Bertz CT molecular complexity index is 389. The fourth-order valence-electron chi connectivity index (χ4n) is 1.41. The summed E-state index contributed by atoms with van der Waals surface area (Å²) in [6.45, 7) is 6.71. The molecule has 4 nitrogen and oxygen atoms in total. The lowest BCUT2D eigenvalue weighted by Crippen LogP contribution is -2.31. The standard InChI is InChI=1S/C14H22N2O2/c1-10(2)8-16-14(17)9-18-13-6-4-5-12(7-13)11(3)15/h4-7,10-11H,8-9,15H2,1-3H3,(H,16,17). The number of ether oxygens (including phenoxy) is 1. The van der Waals surface area contributed by atoms with Crippen molar-refractivity contribution in [3.63, 3.8) is 0 Å². The van der Waals surface area contributed by atoms with Gasteiger partial charge in [-0.15, -0.1) is 0 Å². The number of hydrogen-bond acceptors (Lipinski definition) is 3. The van der Waals surface area contributed by atoms with Gasteiger partial charge in [-0.3, -0.25) is 4.79 Å². The third-order valence-electron chi connectivity index (χ3n) is 2.46. The molecule has 0 fully saturated rings. The molecule has 0 saturated carbocycles. The van der Waals surface area contributed by atoms with E-state index in [1.807, 2.05) is 45.0 Å². The second-order valence-electron chi connectivity index (χ2n) is 4.85. The first-order valence-electron chi connectivity index (χ1n) is 6.24. The van der Waals surface area contributed by atoms with Crippen LogP contribution in [0.15, 0.2) is 24.3 Å². The molecule has 1 atom stereocenters. The van der Waals surface area contributed by atoms with E-state index in [4.69, 9.17) is 10.5 Å². The molecule has 3 N–H and O–H groups in total. The number of benzene rings is 1. The molecule has 18 heavy (non-hydrogen) atoms. The molecule has 0 bridgehead atoms. The predicted octanol–water partition coefficient (Wildman–Crippen LogP) is 1.86. The molecule has 0 radical (unpaired) electrons. The summed E-state index contributed by atoms with van der Waals surface area (Å²) in [4.78, 5) is 11.5. The van der Waals surface area contributed by atoms with E-state index < -0.39 is 0 Å². The fraction of sp³-hybridized carbons (Fsp3) is 0.500. The summed E-state index contributed by atoms with van der Waals surface area (Å²) in [5.41, 5.74) is 6.78. The van der Waals surface area contributed by atoms with Gasteiger partial charge >= 0.3 is 0 Å². The number of amides is 1. The molecule has 1 unspecified atom stereocenters. The van der Waals surface area contributed by atoms with Crippen LogP contribution in [-0.2, 0) is 4.79 Å². The highest BCUT2D eigenvalue weighted by atomic mass is 16.5. The van der Waals surface area contributed by atoms with Crippen molar-refractivity contribution in [2.75, 3.05) is 13.2 Å². The van der Waals surface area contributed by atoms with Crippen molar-refractivity contribution in [2.45, 2.75) is 26.8 Å². The highest BCUT2D eigenvalue weighted by molar-refractivity contribution is 5.77. The van der Waals surface area contributed by atoms with Crippen LogP contribution in [0.5, 0.6) is 5.75 Å². The van der Waals surface area contributed by atoms with Crippen molar-refractivity contribution in [2.24, 2.45) is 11.7 Å². The van der Waals surface area contributed by atoms with Crippen molar-refractivity contribution in [1.29, 1.82) is 0 Å². The van der Waals surface area contributed by atoms with E-state index in [-0.39, 0.29) is 18.6 Å². The quantitative estimate of drug-likeness (QED) is 0.810. The van der Waals surface area contributed by atoms with E-state index in [0.29, 0.717) is 18.2 Å². The molecule has 1 rings (SSSR count). The molecule has 1 aromatic carbocycles. The first-order valence-corrected chi connectivity index (χ1v) is 6.24. The van der Waals surface area contributed by atoms with E-state index in [1.165, 1.54) is 0 Å². The highest BCUT2D eigenvalue weighted by Crippen LogP contribution is 2.17. The summed E-state index contributed by atoms with van der Waals surface area (Å²) in [6.07, 6.45) is 0. The Hall–Kier alpha value is -1.55. The average molecular weight is 250 g/mol. The molecule has 0 aliphatic rings. The molecule has 1 amide bonds. The molecule has 0 saturated heterocycles. The monoisotopic (exact) mass is 250 g/mol. The molecule has 0 spiro atoms. The van der Waals surface area contributed by atoms with Crippen molar-refractivity contribution < 1.29 is 9.53 Å². The van der Waals surface area contributed by atoms with Gasteiger partial charge in [-0.1, -0.05) is 26.0 Å². The van der Waals surface area contributed by atoms with Gasteiger partial charge in [-0.2, -0.15) is 0 Å². The minimum Gasteiger partial charge on any atom is -0.484 e. The Labute approximate surface area is 109 Å². The van der Waals surface area contributed by atoms with Crippen LogP contribution in [0, 0.1) is 5.92 Å². The molecule has 1 aromatic rings. The van der Waals surface area contributed by atoms with Crippen LogP contribution in [-0.4, -0.2) is 19.1 Å². The normalized spacial score (nSPS) is 12.3. The molecule has 0 aliphatic heterocycles. The Morgan fingerprint density at radius 3 is 2.72 bits per heavy atom. The van der Waals surface area contributed by atoms with Crippen LogP contribution in [0.4, 0.5) is 0 Å². The van der Waals surface area contributed by atoms with Gasteiger partial charge in [-0.25, -0.2) is 0 Å². The van der Waals surface area contributed by atoms with E-state index in [2.05, 4.69) is 5.32 Å². The number of nitrogens with one attached hydrogen (secondary N) is 1. The van der Waals surface area contributed by atoms with E-state index in [1.54, 1.807) is 0 Å². The summed E-state index contributed by atoms with van der Waals surface area (Å²) in [5, 5.41) is 2.80. The van der Waals surface area contributed by atoms with Gasteiger partial charge in [0.05, 0.1) is 0 Å². The van der Waals surface area contributed by atoms with Crippen LogP contribution in [0.3, 0.4) is 0 Å². The second-order valence-corrected chi connectivity index (χ2v) is 4.85. The van der Waals surface area contributed by atoms with Gasteiger partial charge in [0, 0.05) is 12.6 Å². The number of rotatable bonds is 6. The minimum absolute atomic E-state index is 0.0368. The van der Waals surface area contributed by atoms with Crippen molar-refractivity contribution in [3.8, 4) is 5.75 Å². The number of hydrogen-bond donors (Lipinski definition) is 2. The van der Waals surface area contributed by atoms with Crippen LogP contribution >= 0.6 is 0 Å². The van der Waals surface area contributed by atoms with E-state index >= 15 is 0 Å². The number of carbonyl (C=O) groups excluding carboxylic acids is 1. The fourth-order valence-corrected chi connectivity index (χ4v) is 1.41. The van der Waals surface area contributed by atoms with Gasteiger partial charge in [0.1, 0.15) is 5.75 Å². The highest BCUT2D eigenvalue weighted by Gasteiger charge is 2.05. The zero-order valence-corrected chi connectivity index (χ0v) is 11.3. The third kappa shape index (κ3) is 5.19. The number of nitrogens with two attached hydrogens (primary N) is 1. The second kappa shape index (κ2) is 7.01. The molecule has 0 heterocycles. The minimum atomic E-state index is -0.102. The molecular weight excluding hydrogens is 228 g/mol. The number of carbonyl (C=O) groups is 1. The molecular formula is C14H22N2O2. The molecule has 4 heteroatoms. The topological polar surface area (TPSA) is 64.3 Å². The molecule has 0 aliphatic carbocycles. The lowest BCUT2D eigenvalue weighted by Gasteiger charge is -2.11. The molecule has 0 aromatic heterocycles. The van der Waals surface area contributed by atoms with Crippen LogP contribution < -0.4 is 15.8 Å². The summed E-state index contributed by atoms with van der Waals surface area (Å²) >= 11 is 0. The van der Waals surface area contributed by atoms with Gasteiger partial charge in [0.25, 0.3) is 5.91 Å². The smallest absolute Gasteiger partial charge is 0.257 e. The Balaban J connectivity index is 2.43. The maximum atomic E-state index is 11.5. The summed E-state index contributed by atoms with van der Waals surface area (Å²) < 4.78 is 5.42. The summed E-state index contributed by atoms with van der Waals surface area (Å²) in [5.74, 6) is 1.01. The van der Waals surface area contributed by atoms with Crippen molar-refractivity contribution in [1.82, 2.24) is 5.32 Å². The Morgan fingerprint density at radius 1 is 1.39 bits per heavy atom. The first-order chi connectivity index (χ1) is 8.49. The van der Waals surface area contributed by atoms with Gasteiger partial charge in [0.2, 0.25) is 0 Å². The Morgan fingerprint density at radius 2 is 2.11 bits per heavy atom. The van der Waals surface area contributed by atoms with Gasteiger partial charge < -0.3 is 15.8 Å². The molecule has 100 valence electrons. The lowest BCUT2D eigenvalue weighted by atomic mass is 10.1. The largest absolute Gasteiger partial charge is 0.484 e. The predicted molar refractivity (Wildman–Crippen MR) is 72.4 cm³/mol. The van der Waals surface area contributed by atoms with Crippen molar-refractivity contribution in [3.05, 3.63) is 29.8 Å². The van der Waals surface area contributed by atoms with Gasteiger partial charge in [-0.05, 0) is 30.5 Å². The lowest BCUT2D eigenvalue weighted by molar-refractivity contribution is -0.123.